The van der Waals surface area contributed by atoms with E-state index in [4.69, 9.17) is 5.84 Å². The van der Waals surface area contributed by atoms with Gasteiger partial charge in [-0.3, -0.25) is 16.0 Å². The molecule has 1 aromatic heterocycles. The number of nitrogens with two attached hydrogens (primary N) is 1. The zero-order valence-electron chi connectivity index (χ0n) is 13.2. The maximum atomic E-state index is 5.73. The molecule has 2 rings (SSSR count). The van der Waals surface area contributed by atoms with E-state index >= 15 is 0 Å². The summed E-state index contributed by atoms with van der Waals surface area (Å²) in [5.74, 6) is 5.73. The molecule has 0 aliphatic carbocycles. The lowest BCUT2D eigenvalue weighted by Gasteiger charge is -2.16. The Balaban J connectivity index is 2.02. The fourth-order valence-electron chi connectivity index (χ4n) is 2.47. The fourth-order valence-corrected chi connectivity index (χ4v) is 2.47. The maximum absolute atomic E-state index is 5.73. The Morgan fingerprint density at radius 2 is 2.00 bits per heavy atom. The van der Waals surface area contributed by atoms with Crippen LogP contribution < -0.4 is 11.3 Å². The monoisotopic (exact) mass is 286 g/mol. The summed E-state index contributed by atoms with van der Waals surface area (Å²) in [7, 11) is 0. The molecule has 2 atom stereocenters. The first-order valence-corrected chi connectivity index (χ1v) is 7.68. The Hall–Kier alpha value is -1.65. The van der Waals surface area contributed by atoms with E-state index < -0.39 is 0 Å². The van der Waals surface area contributed by atoms with Crippen LogP contribution in [0.1, 0.15) is 43.1 Å². The molecule has 1 aromatic carbocycles. The predicted octanol–water partition coefficient (Wildman–Crippen LogP) is 2.78. The molecule has 2 aromatic rings. The van der Waals surface area contributed by atoms with Crippen LogP contribution in [-0.4, -0.2) is 15.8 Å². The summed E-state index contributed by atoms with van der Waals surface area (Å²) >= 11 is 0. The number of benzene rings is 1. The summed E-state index contributed by atoms with van der Waals surface area (Å²) in [6.07, 6.45) is 4.90. The number of nitrogens with one attached hydrogen (secondary N) is 1. The molecule has 0 aliphatic rings. The lowest BCUT2D eigenvalue weighted by molar-refractivity contribution is 0.464. The normalized spacial score (nSPS) is 14.1. The van der Waals surface area contributed by atoms with E-state index in [1.165, 1.54) is 11.1 Å². The summed E-state index contributed by atoms with van der Waals surface area (Å²) in [6.45, 7) is 6.50. The van der Waals surface area contributed by atoms with Crippen LogP contribution in [0, 0.1) is 6.92 Å². The number of aryl methyl sites for hydroxylation is 1. The van der Waals surface area contributed by atoms with E-state index in [1.54, 1.807) is 0 Å². The first-order valence-electron chi connectivity index (χ1n) is 7.68. The van der Waals surface area contributed by atoms with Gasteiger partial charge in [-0.15, -0.1) is 0 Å². The molecule has 0 spiro atoms. The average Bonchev–Trinajstić information content (AvgIpc) is 2.96. The van der Waals surface area contributed by atoms with Gasteiger partial charge >= 0.3 is 0 Å². The van der Waals surface area contributed by atoms with Gasteiger partial charge in [0.05, 0.1) is 5.69 Å². The highest BCUT2D eigenvalue weighted by molar-refractivity contribution is 5.26. The topological polar surface area (TPSA) is 55.9 Å². The molecular weight excluding hydrogens is 260 g/mol. The quantitative estimate of drug-likeness (QED) is 0.608. The Morgan fingerprint density at radius 3 is 2.67 bits per heavy atom. The largest absolute Gasteiger partial charge is 0.271 e. The molecule has 0 bridgehead atoms. The van der Waals surface area contributed by atoms with Gasteiger partial charge < -0.3 is 0 Å². The standard InChI is InChI=1S/C17H26N4/c1-4-14(3)21-10-9-16(20-21)12-17(19-18)11-15-8-6-5-7-13(15)2/h5-10,14,17,19H,4,11-12,18H2,1-3H3. The van der Waals surface area contributed by atoms with Crippen molar-refractivity contribution in [3.05, 3.63) is 53.3 Å². The molecule has 114 valence electrons. The second kappa shape index (κ2) is 7.38. The van der Waals surface area contributed by atoms with Gasteiger partial charge in [-0.05, 0) is 43.9 Å². The average molecular weight is 286 g/mol. The van der Waals surface area contributed by atoms with Crippen LogP contribution in [0.5, 0.6) is 0 Å². The van der Waals surface area contributed by atoms with Gasteiger partial charge in [-0.1, -0.05) is 31.2 Å². The van der Waals surface area contributed by atoms with Crippen LogP contribution in [0.15, 0.2) is 36.5 Å². The lowest BCUT2D eigenvalue weighted by Crippen LogP contribution is -2.38. The van der Waals surface area contributed by atoms with Crippen molar-refractivity contribution >= 4 is 0 Å². The van der Waals surface area contributed by atoms with Gasteiger partial charge in [0, 0.05) is 24.7 Å². The van der Waals surface area contributed by atoms with Gasteiger partial charge in [0.1, 0.15) is 0 Å². The van der Waals surface area contributed by atoms with Crippen LogP contribution in [0.3, 0.4) is 0 Å². The maximum Gasteiger partial charge on any atom is 0.0640 e. The van der Waals surface area contributed by atoms with E-state index in [0.717, 1.165) is 25.0 Å². The van der Waals surface area contributed by atoms with Crippen molar-refractivity contribution < 1.29 is 0 Å². The molecule has 4 heteroatoms. The lowest BCUT2D eigenvalue weighted by atomic mass is 9.99. The van der Waals surface area contributed by atoms with Gasteiger partial charge in [-0.25, -0.2) is 0 Å². The third-order valence-electron chi connectivity index (χ3n) is 4.12. The Kier molecular flexibility index (Phi) is 5.53. The molecule has 3 N–H and O–H groups in total. The molecular formula is C17H26N4. The number of hydrogen-bond donors (Lipinski definition) is 2. The Morgan fingerprint density at radius 1 is 1.24 bits per heavy atom. The van der Waals surface area contributed by atoms with Crippen LogP contribution in [0.25, 0.3) is 0 Å². The van der Waals surface area contributed by atoms with Crippen LogP contribution in [0.4, 0.5) is 0 Å². The SMILES string of the molecule is CCC(C)n1ccc(CC(Cc2ccccc2C)NN)n1. The predicted molar refractivity (Wildman–Crippen MR) is 86.9 cm³/mol. The van der Waals surface area contributed by atoms with E-state index in [0.29, 0.717) is 6.04 Å². The Bertz CT molecular complexity index is 561. The molecule has 21 heavy (non-hydrogen) atoms. The van der Waals surface area contributed by atoms with Crippen molar-refractivity contribution in [1.29, 1.82) is 0 Å². The number of nitrogens with zero attached hydrogens (tertiary/aromatic N) is 2. The molecule has 4 nitrogen and oxygen atoms in total. The van der Waals surface area contributed by atoms with E-state index in [1.807, 2.05) is 4.68 Å². The fraction of sp³-hybridized carbons (Fsp3) is 0.471. The van der Waals surface area contributed by atoms with Crippen molar-refractivity contribution in [1.82, 2.24) is 15.2 Å². The van der Waals surface area contributed by atoms with Crippen molar-refractivity contribution in [2.24, 2.45) is 5.84 Å². The van der Waals surface area contributed by atoms with Gasteiger partial charge in [0.2, 0.25) is 0 Å². The van der Waals surface area contributed by atoms with Gasteiger partial charge in [0.25, 0.3) is 0 Å². The van der Waals surface area contributed by atoms with E-state index in [2.05, 4.69) is 67.8 Å². The van der Waals surface area contributed by atoms with Gasteiger partial charge in [0.15, 0.2) is 0 Å². The number of aromatic nitrogens is 2. The summed E-state index contributed by atoms with van der Waals surface area (Å²) in [4.78, 5) is 0. The van der Waals surface area contributed by atoms with Crippen LogP contribution in [0.2, 0.25) is 0 Å². The first kappa shape index (κ1) is 15.7. The minimum Gasteiger partial charge on any atom is -0.271 e. The van der Waals surface area contributed by atoms with Gasteiger partial charge in [-0.2, -0.15) is 5.10 Å². The third-order valence-corrected chi connectivity index (χ3v) is 4.12. The van der Waals surface area contributed by atoms with Crippen LogP contribution >= 0.6 is 0 Å². The zero-order valence-corrected chi connectivity index (χ0v) is 13.2. The van der Waals surface area contributed by atoms with Crippen molar-refractivity contribution in [3.63, 3.8) is 0 Å². The zero-order chi connectivity index (χ0) is 15.2. The summed E-state index contributed by atoms with van der Waals surface area (Å²) in [5.41, 5.74) is 6.66. The minimum absolute atomic E-state index is 0.200. The van der Waals surface area contributed by atoms with Crippen molar-refractivity contribution in [3.8, 4) is 0 Å². The molecule has 0 aliphatic heterocycles. The molecule has 0 saturated heterocycles. The highest BCUT2D eigenvalue weighted by Crippen LogP contribution is 2.14. The second-order valence-corrected chi connectivity index (χ2v) is 5.74. The number of rotatable bonds is 7. The molecule has 2 unspecified atom stereocenters. The summed E-state index contributed by atoms with van der Waals surface area (Å²) < 4.78 is 2.04. The van der Waals surface area contributed by atoms with E-state index in [-0.39, 0.29) is 6.04 Å². The molecule has 0 fully saturated rings. The summed E-state index contributed by atoms with van der Waals surface area (Å²) in [6, 6.07) is 11.2. The Labute approximate surface area is 127 Å². The third kappa shape index (κ3) is 4.16. The van der Waals surface area contributed by atoms with Crippen molar-refractivity contribution in [2.75, 3.05) is 0 Å². The molecule has 1 heterocycles. The number of hydrazine groups is 1. The van der Waals surface area contributed by atoms with E-state index in [9.17, 15) is 0 Å². The van der Waals surface area contributed by atoms with Crippen LogP contribution in [-0.2, 0) is 12.8 Å². The molecule has 0 saturated carbocycles. The second-order valence-electron chi connectivity index (χ2n) is 5.74. The molecule has 0 amide bonds. The molecule has 0 radical (unpaired) electrons. The highest BCUT2D eigenvalue weighted by Gasteiger charge is 2.13. The highest BCUT2D eigenvalue weighted by atomic mass is 15.3. The minimum atomic E-state index is 0.200. The smallest absolute Gasteiger partial charge is 0.0640 e. The number of hydrogen-bond acceptors (Lipinski definition) is 3. The first-order chi connectivity index (χ1) is 10.1. The summed E-state index contributed by atoms with van der Waals surface area (Å²) in [5, 5.41) is 4.65. The van der Waals surface area contributed by atoms with Crippen molar-refractivity contribution in [2.45, 2.75) is 52.1 Å².